The molecule has 0 aliphatic heterocycles. The van der Waals surface area contributed by atoms with Crippen LogP contribution in [0.5, 0.6) is 0 Å². The van der Waals surface area contributed by atoms with Crippen molar-refractivity contribution in [2.45, 2.75) is 28.9 Å². The van der Waals surface area contributed by atoms with Crippen molar-refractivity contribution in [2.24, 2.45) is 5.73 Å². The summed E-state index contributed by atoms with van der Waals surface area (Å²) in [5.74, 6) is 0. The summed E-state index contributed by atoms with van der Waals surface area (Å²) in [6, 6.07) is 6.39. The van der Waals surface area contributed by atoms with E-state index in [1.54, 1.807) is 18.2 Å². The number of halogens is 1. The lowest BCUT2D eigenvalue weighted by Gasteiger charge is -2.39. The van der Waals surface area contributed by atoms with Crippen molar-refractivity contribution in [3.05, 3.63) is 29.3 Å². The van der Waals surface area contributed by atoms with E-state index in [4.69, 9.17) is 17.3 Å². The van der Waals surface area contributed by atoms with Crippen LogP contribution in [-0.4, -0.2) is 19.7 Å². The van der Waals surface area contributed by atoms with Gasteiger partial charge >= 0.3 is 0 Å². The van der Waals surface area contributed by atoms with E-state index in [2.05, 4.69) is 0 Å². The Balaban J connectivity index is 2.47. The molecule has 1 aromatic rings. The summed E-state index contributed by atoms with van der Waals surface area (Å²) in [7, 11) is -3.35. The quantitative estimate of drug-likeness (QED) is 0.903. The van der Waals surface area contributed by atoms with E-state index in [1.165, 1.54) is 6.07 Å². The van der Waals surface area contributed by atoms with Gasteiger partial charge in [0.2, 0.25) is 0 Å². The van der Waals surface area contributed by atoms with E-state index in [-0.39, 0.29) is 11.4 Å². The highest BCUT2D eigenvalue weighted by atomic mass is 35.5. The molecule has 0 amide bonds. The Labute approximate surface area is 101 Å². The first kappa shape index (κ1) is 11.9. The largest absolute Gasteiger partial charge is 0.329 e. The fourth-order valence-electron chi connectivity index (χ4n) is 2.04. The third-order valence-corrected chi connectivity index (χ3v) is 6.14. The summed E-state index contributed by atoms with van der Waals surface area (Å²) >= 11 is 5.81. The Hall–Kier alpha value is -0.580. The second-order valence-electron chi connectivity index (χ2n) is 4.20. The van der Waals surface area contributed by atoms with Gasteiger partial charge in [0.25, 0.3) is 0 Å². The van der Waals surface area contributed by atoms with Crippen LogP contribution >= 0.6 is 11.6 Å². The average molecular weight is 260 g/mol. The summed E-state index contributed by atoms with van der Waals surface area (Å²) in [5, 5.41) is 0.438. The Morgan fingerprint density at radius 2 is 2.06 bits per heavy atom. The van der Waals surface area contributed by atoms with Crippen molar-refractivity contribution < 1.29 is 8.42 Å². The molecule has 0 saturated heterocycles. The summed E-state index contributed by atoms with van der Waals surface area (Å²) in [6.45, 7) is 0.182. The lowest BCUT2D eigenvalue weighted by molar-refractivity contribution is 0.344. The number of hydrogen-bond acceptors (Lipinski definition) is 3. The number of rotatable bonds is 3. The van der Waals surface area contributed by atoms with Gasteiger partial charge in [-0.1, -0.05) is 24.1 Å². The zero-order valence-corrected chi connectivity index (χ0v) is 10.4. The van der Waals surface area contributed by atoms with Crippen molar-refractivity contribution in [1.82, 2.24) is 0 Å². The fraction of sp³-hybridized carbons (Fsp3) is 0.455. The van der Waals surface area contributed by atoms with Crippen LogP contribution in [0.1, 0.15) is 19.3 Å². The Kier molecular flexibility index (Phi) is 2.99. The summed E-state index contributed by atoms with van der Waals surface area (Å²) in [4.78, 5) is 0.283. The predicted octanol–water partition coefficient (Wildman–Crippen LogP) is 2.00. The van der Waals surface area contributed by atoms with E-state index in [0.717, 1.165) is 6.42 Å². The van der Waals surface area contributed by atoms with Crippen LogP contribution in [0.15, 0.2) is 29.2 Å². The molecule has 0 unspecified atom stereocenters. The number of sulfone groups is 1. The molecule has 1 aliphatic rings. The second-order valence-corrected chi connectivity index (χ2v) is 6.98. The number of benzene rings is 1. The molecule has 2 rings (SSSR count). The monoisotopic (exact) mass is 259 g/mol. The first-order valence-corrected chi connectivity index (χ1v) is 7.08. The van der Waals surface area contributed by atoms with Gasteiger partial charge in [-0.15, -0.1) is 0 Å². The van der Waals surface area contributed by atoms with E-state index >= 15 is 0 Å². The minimum Gasteiger partial charge on any atom is -0.329 e. The Morgan fingerprint density at radius 1 is 1.38 bits per heavy atom. The molecule has 0 heterocycles. The molecular formula is C11H14ClNO2S. The van der Waals surface area contributed by atoms with Crippen LogP contribution in [0.25, 0.3) is 0 Å². The van der Waals surface area contributed by atoms with Crippen molar-refractivity contribution in [3.8, 4) is 0 Å². The molecule has 1 saturated carbocycles. The van der Waals surface area contributed by atoms with Gasteiger partial charge in [0.15, 0.2) is 9.84 Å². The van der Waals surface area contributed by atoms with Gasteiger partial charge in [-0.05, 0) is 31.0 Å². The van der Waals surface area contributed by atoms with E-state index in [0.29, 0.717) is 17.9 Å². The van der Waals surface area contributed by atoms with Crippen LogP contribution in [0.3, 0.4) is 0 Å². The smallest absolute Gasteiger partial charge is 0.185 e. The third kappa shape index (κ3) is 1.65. The molecule has 88 valence electrons. The molecule has 0 bridgehead atoms. The molecule has 5 heteroatoms. The third-order valence-electron chi connectivity index (χ3n) is 3.31. The Morgan fingerprint density at radius 3 is 2.50 bits per heavy atom. The maximum Gasteiger partial charge on any atom is 0.185 e. The summed E-state index contributed by atoms with van der Waals surface area (Å²) in [5.41, 5.74) is 5.62. The molecule has 0 radical (unpaired) electrons. The van der Waals surface area contributed by atoms with Crippen molar-refractivity contribution in [3.63, 3.8) is 0 Å². The summed E-state index contributed by atoms with van der Waals surface area (Å²) in [6.07, 6.45) is 2.23. The van der Waals surface area contributed by atoms with Gasteiger partial charge in [0.05, 0.1) is 9.64 Å². The standard InChI is InChI=1S/C11H14ClNO2S/c12-9-3-1-4-10(7-9)16(14,15)11(8-13)5-2-6-11/h1,3-4,7H,2,5-6,8,13H2. The molecule has 1 aliphatic carbocycles. The first-order valence-electron chi connectivity index (χ1n) is 5.22. The molecule has 16 heavy (non-hydrogen) atoms. The lowest BCUT2D eigenvalue weighted by atomic mass is 9.84. The van der Waals surface area contributed by atoms with E-state index in [9.17, 15) is 8.42 Å². The van der Waals surface area contributed by atoms with Crippen LogP contribution in [-0.2, 0) is 9.84 Å². The molecule has 2 N–H and O–H groups in total. The normalized spacial score (nSPS) is 19.1. The molecule has 0 atom stereocenters. The van der Waals surface area contributed by atoms with Gasteiger partial charge in [-0.3, -0.25) is 0 Å². The van der Waals surface area contributed by atoms with Crippen molar-refractivity contribution >= 4 is 21.4 Å². The molecule has 1 aromatic carbocycles. The molecular weight excluding hydrogens is 246 g/mol. The highest BCUT2D eigenvalue weighted by molar-refractivity contribution is 7.93. The minimum atomic E-state index is -3.35. The zero-order chi connectivity index (χ0) is 11.8. The second kappa shape index (κ2) is 4.02. The molecule has 1 fully saturated rings. The predicted molar refractivity (Wildman–Crippen MR) is 64.3 cm³/mol. The zero-order valence-electron chi connectivity index (χ0n) is 8.82. The average Bonchev–Trinajstić information content (AvgIpc) is 2.16. The lowest BCUT2D eigenvalue weighted by Crippen LogP contribution is -2.51. The summed E-state index contributed by atoms with van der Waals surface area (Å²) < 4.78 is 24.0. The van der Waals surface area contributed by atoms with Crippen LogP contribution in [0.2, 0.25) is 5.02 Å². The van der Waals surface area contributed by atoms with Gasteiger partial charge < -0.3 is 5.73 Å². The van der Waals surface area contributed by atoms with Gasteiger partial charge in [0.1, 0.15) is 0 Å². The topological polar surface area (TPSA) is 60.2 Å². The molecule has 0 spiro atoms. The van der Waals surface area contributed by atoms with Crippen molar-refractivity contribution in [2.75, 3.05) is 6.54 Å². The van der Waals surface area contributed by atoms with Crippen LogP contribution in [0.4, 0.5) is 0 Å². The SMILES string of the molecule is NCC1(S(=O)(=O)c2cccc(Cl)c2)CCC1. The highest BCUT2D eigenvalue weighted by Gasteiger charge is 2.48. The fourth-order valence-corrected chi connectivity index (χ4v) is 4.38. The molecule has 0 aromatic heterocycles. The number of hydrogen-bond donors (Lipinski definition) is 1. The van der Waals surface area contributed by atoms with Gasteiger partial charge in [0, 0.05) is 11.6 Å². The highest BCUT2D eigenvalue weighted by Crippen LogP contribution is 2.42. The van der Waals surface area contributed by atoms with Crippen LogP contribution in [0, 0.1) is 0 Å². The van der Waals surface area contributed by atoms with Crippen molar-refractivity contribution in [1.29, 1.82) is 0 Å². The maximum atomic E-state index is 12.4. The first-order chi connectivity index (χ1) is 7.52. The van der Waals surface area contributed by atoms with E-state index in [1.807, 2.05) is 0 Å². The number of nitrogens with two attached hydrogens (primary N) is 1. The minimum absolute atomic E-state index is 0.182. The molecule has 3 nitrogen and oxygen atoms in total. The van der Waals surface area contributed by atoms with Gasteiger partial charge in [-0.25, -0.2) is 8.42 Å². The van der Waals surface area contributed by atoms with Crippen LogP contribution < -0.4 is 5.73 Å². The van der Waals surface area contributed by atoms with E-state index < -0.39 is 14.6 Å². The maximum absolute atomic E-state index is 12.4. The Bertz CT molecular complexity index is 489. The van der Waals surface area contributed by atoms with Gasteiger partial charge in [-0.2, -0.15) is 0 Å².